The Balaban J connectivity index is 1.98. The molecule has 4 aromatic rings. The van der Waals surface area contributed by atoms with Gasteiger partial charge in [0.25, 0.3) is 0 Å². The van der Waals surface area contributed by atoms with Gasteiger partial charge in [0.15, 0.2) is 0 Å². The van der Waals surface area contributed by atoms with Gasteiger partial charge in [0, 0.05) is 0 Å². The average Bonchev–Trinajstić information content (AvgIpc) is 2.71. The van der Waals surface area contributed by atoms with Crippen LogP contribution in [0.15, 0.2) is 60.8 Å². The van der Waals surface area contributed by atoms with E-state index in [9.17, 15) is 6.57 Å². The van der Waals surface area contributed by atoms with Crippen LogP contribution >= 0.6 is 0 Å². The van der Waals surface area contributed by atoms with Crippen LogP contribution in [0.25, 0.3) is 33.4 Å². The first kappa shape index (κ1) is 23.5. The Kier molecular flexibility index (Phi) is 6.34. The van der Waals surface area contributed by atoms with Gasteiger partial charge in [-0.25, -0.2) is 0 Å². The summed E-state index contributed by atoms with van der Waals surface area (Å²) in [6.07, 6.45) is 1.72. The minimum absolute atomic E-state index is 0.463. The van der Waals surface area contributed by atoms with Gasteiger partial charge in [0.2, 0.25) is 0 Å². The monoisotopic (exact) mass is 501 g/mol. The molecule has 0 bridgehead atoms. The molecule has 0 amide bonds. The van der Waals surface area contributed by atoms with Crippen LogP contribution in [0.4, 0.5) is 12.3 Å². The number of halogens is 2. The molecule has 168 valence electrons. The van der Waals surface area contributed by atoms with Gasteiger partial charge in [-0.3, -0.25) is 0 Å². The van der Waals surface area contributed by atoms with Crippen molar-refractivity contribution in [2.75, 3.05) is 3.61 Å². The predicted octanol–water partition coefficient (Wildman–Crippen LogP) is 7.42. The van der Waals surface area contributed by atoms with Gasteiger partial charge in [0.05, 0.1) is 0 Å². The molecule has 0 N–H and O–H groups in total. The minimum atomic E-state index is -4.71. The number of aromatic nitrogens is 2. The molecule has 3 nitrogen and oxygen atoms in total. The van der Waals surface area contributed by atoms with Crippen LogP contribution < -0.4 is 3.61 Å². The molecule has 0 aliphatic heterocycles. The summed E-state index contributed by atoms with van der Waals surface area (Å²) in [5.41, 5.74) is 5.76. The molecule has 0 spiro atoms. The number of rotatable bonds is 4. The number of anilines is 1. The topological polar surface area (TPSA) is 29.0 Å². The summed E-state index contributed by atoms with van der Waals surface area (Å²) < 4.78 is 30.4. The second-order valence-corrected chi connectivity index (χ2v) is 11.8. The average molecular weight is 502 g/mol. The zero-order chi connectivity index (χ0) is 23.9. The van der Waals surface area contributed by atoms with Crippen molar-refractivity contribution in [1.29, 1.82) is 0 Å². The van der Waals surface area contributed by atoms with Crippen LogP contribution in [0.1, 0.15) is 37.5 Å². The summed E-state index contributed by atoms with van der Waals surface area (Å²) in [6.45, 7) is 11.7. The van der Waals surface area contributed by atoms with Crippen LogP contribution in [0.5, 0.6) is 0 Å². The summed E-state index contributed by atoms with van der Waals surface area (Å²) in [6, 6.07) is 17.8. The second kappa shape index (κ2) is 8.91. The molecule has 0 fully saturated rings. The maximum atomic E-state index is 14.5. The fourth-order valence-corrected chi connectivity index (χ4v) is 6.70. The molecule has 3 aromatic carbocycles. The maximum absolute atomic E-state index is 14.5. The van der Waals surface area contributed by atoms with Crippen molar-refractivity contribution in [1.82, 2.24) is 9.97 Å². The number of hydrogen-bond donors (Lipinski definition) is 0. The fraction of sp³-hybridized carbons (Fsp3) is 0.259. The van der Waals surface area contributed by atoms with E-state index in [1.54, 1.807) is 6.20 Å². The van der Waals surface area contributed by atoms with Gasteiger partial charge < -0.3 is 0 Å². The first-order chi connectivity index (χ1) is 15.6. The third-order valence-corrected chi connectivity index (χ3v) is 8.90. The zero-order valence-corrected chi connectivity index (χ0v) is 22.4. The number of nitrogens with zero attached hydrogens (tertiary/aromatic N) is 3. The SMILES string of the molecule is Cc1cc(C)c(-c2ccnc(-c3cc4ccccc4cc3[N]([Ga]([F])[F])C(C)(C)C)n2)c(C)c1. The van der Waals surface area contributed by atoms with Crippen molar-refractivity contribution in [2.24, 2.45) is 0 Å². The third-order valence-electron chi connectivity index (χ3n) is 5.87. The quantitative estimate of drug-likeness (QED) is 0.272. The van der Waals surface area contributed by atoms with Crippen LogP contribution in [0.3, 0.4) is 0 Å². The molecule has 0 saturated carbocycles. The molecular formula is C27H28F2GaN3. The molecule has 1 heterocycles. The van der Waals surface area contributed by atoms with E-state index in [1.165, 1.54) is 9.17 Å². The Morgan fingerprint density at radius 1 is 0.848 bits per heavy atom. The Morgan fingerprint density at radius 3 is 2.03 bits per heavy atom. The second-order valence-electron chi connectivity index (χ2n) is 9.57. The first-order valence-corrected chi connectivity index (χ1v) is 14.0. The van der Waals surface area contributed by atoms with Crippen LogP contribution in [0.2, 0.25) is 0 Å². The van der Waals surface area contributed by atoms with E-state index in [0.29, 0.717) is 17.1 Å². The Labute approximate surface area is 201 Å². The van der Waals surface area contributed by atoms with Crippen LogP contribution in [-0.2, 0) is 0 Å². The molecule has 1 aromatic heterocycles. The molecular weight excluding hydrogens is 474 g/mol. The van der Waals surface area contributed by atoms with Gasteiger partial charge in [-0.05, 0) is 0 Å². The van der Waals surface area contributed by atoms with Gasteiger partial charge in [0.1, 0.15) is 0 Å². The Bertz CT molecular complexity index is 1310. The molecule has 33 heavy (non-hydrogen) atoms. The van der Waals surface area contributed by atoms with Gasteiger partial charge in [-0.15, -0.1) is 0 Å². The molecule has 0 atom stereocenters. The van der Waals surface area contributed by atoms with E-state index in [1.807, 2.05) is 63.2 Å². The van der Waals surface area contributed by atoms with Crippen LogP contribution in [0, 0.1) is 20.8 Å². The zero-order valence-electron chi connectivity index (χ0n) is 19.9. The summed E-state index contributed by atoms with van der Waals surface area (Å²) in [4.78, 5) is 9.44. The number of aryl methyl sites for hydroxylation is 3. The van der Waals surface area contributed by atoms with E-state index in [4.69, 9.17) is 4.98 Å². The van der Waals surface area contributed by atoms with Gasteiger partial charge in [-0.2, -0.15) is 0 Å². The van der Waals surface area contributed by atoms with E-state index >= 15 is 0 Å². The van der Waals surface area contributed by atoms with E-state index in [-0.39, 0.29) is 0 Å². The molecule has 6 heteroatoms. The van der Waals surface area contributed by atoms with Crippen molar-refractivity contribution in [2.45, 2.75) is 47.1 Å². The number of fused-ring (bicyclic) bond motifs is 1. The summed E-state index contributed by atoms with van der Waals surface area (Å²) in [5, 5.41) is 1.90. The van der Waals surface area contributed by atoms with Crippen molar-refractivity contribution in [3.8, 4) is 22.6 Å². The first-order valence-electron chi connectivity index (χ1n) is 11.1. The third kappa shape index (κ3) is 4.68. The van der Waals surface area contributed by atoms with Gasteiger partial charge >= 0.3 is 201 Å². The Morgan fingerprint density at radius 2 is 1.45 bits per heavy atom. The van der Waals surface area contributed by atoms with Crippen LogP contribution in [-0.4, -0.2) is 33.0 Å². The Hall–Kier alpha value is -2.70. The van der Waals surface area contributed by atoms with E-state index in [0.717, 1.165) is 33.2 Å². The normalized spacial score (nSPS) is 11.6. The standard InChI is InChI=1S/C27H28N3.2FH.Ga/c1-17-13-18(2)25(19(3)14-17)23-11-12-28-26(29-23)22-15-20-9-7-8-10-21(20)16-24(22)30-27(4,5)6;;;/h7-16H,1-6H3;2*1H;/q-1;;;+3/p-2. The molecule has 4 rings (SSSR count). The van der Waals surface area contributed by atoms with E-state index in [2.05, 4.69) is 37.9 Å². The summed E-state index contributed by atoms with van der Waals surface area (Å²) in [5.74, 6) is 0.463. The van der Waals surface area contributed by atoms with Crippen molar-refractivity contribution >= 4 is 33.9 Å². The molecule has 0 radical (unpaired) electrons. The van der Waals surface area contributed by atoms with Crippen molar-refractivity contribution in [3.05, 3.63) is 77.5 Å². The molecule has 0 unspecified atom stereocenters. The molecule has 0 saturated heterocycles. The van der Waals surface area contributed by atoms with Crippen molar-refractivity contribution in [3.63, 3.8) is 0 Å². The van der Waals surface area contributed by atoms with E-state index < -0.39 is 23.0 Å². The van der Waals surface area contributed by atoms with Gasteiger partial charge in [-0.1, -0.05) is 0 Å². The van der Waals surface area contributed by atoms with Crippen molar-refractivity contribution < 1.29 is 6.57 Å². The predicted molar refractivity (Wildman–Crippen MR) is 135 cm³/mol. The molecule has 0 aliphatic carbocycles. The fourth-order valence-electron chi connectivity index (χ4n) is 4.58. The molecule has 0 aliphatic rings. The number of hydrogen-bond acceptors (Lipinski definition) is 3. The summed E-state index contributed by atoms with van der Waals surface area (Å²) in [7, 11) is 0. The number of benzene rings is 3. The summed E-state index contributed by atoms with van der Waals surface area (Å²) >= 11 is -4.71.